The standard InChI is InChI=1S/C18H20Cl2N2O2/c1-22(2)14-6-3-12(4-7-14)18-21-10-15(24-18)11-23-17-9-13(19)5-8-16(17)20/h3-9,15,18,21H,10-11H2,1-2H3/t15-,18-/m0/s1. The van der Waals surface area contributed by atoms with Crippen LogP contribution in [0.25, 0.3) is 0 Å². The van der Waals surface area contributed by atoms with Crippen molar-refractivity contribution in [3.8, 4) is 5.75 Å². The van der Waals surface area contributed by atoms with Gasteiger partial charge in [0.1, 0.15) is 24.7 Å². The molecule has 128 valence electrons. The quantitative estimate of drug-likeness (QED) is 0.862. The van der Waals surface area contributed by atoms with Crippen LogP contribution in [-0.2, 0) is 4.74 Å². The number of hydrogen-bond acceptors (Lipinski definition) is 4. The van der Waals surface area contributed by atoms with Crippen molar-refractivity contribution in [1.82, 2.24) is 5.32 Å². The molecular weight excluding hydrogens is 347 g/mol. The molecule has 0 unspecified atom stereocenters. The Labute approximate surface area is 152 Å². The summed E-state index contributed by atoms with van der Waals surface area (Å²) in [5.41, 5.74) is 2.26. The molecule has 0 saturated carbocycles. The topological polar surface area (TPSA) is 33.7 Å². The van der Waals surface area contributed by atoms with E-state index in [1.807, 2.05) is 14.1 Å². The van der Waals surface area contributed by atoms with Crippen LogP contribution >= 0.6 is 23.2 Å². The molecule has 24 heavy (non-hydrogen) atoms. The molecule has 2 aromatic rings. The number of rotatable bonds is 5. The second-order valence-corrected chi connectivity index (χ2v) is 6.76. The zero-order chi connectivity index (χ0) is 17.1. The van der Waals surface area contributed by atoms with E-state index in [4.69, 9.17) is 32.7 Å². The number of halogens is 2. The van der Waals surface area contributed by atoms with E-state index in [-0.39, 0.29) is 12.3 Å². The van der Waals surface area contributed by atoms with Crippen LogP contribution in [0.5, 0.6) is 5.75 Å². The number of hydrogen-bond donors (Lipinski definition) is 1. The lowest BCUT2D eigenvalue weighted by atomic mass is 10.2. The molecule has 2 aromatic carbocycles. The van der Waals surface area contributed by atoms with E-state index in [2.05, 4.69) is 34.5 Å². The normalized spacial score (nSPS) is 20.2. The lowest BCUT2D eigenvalue weighted by Gasteiger charge is -2.16. The zero-order valence-corrected chi connectivity index (χ0v) is 15.1. The maximum absolute atomic E-state index is 6.10. The van der Waals surface area contributed by atoms with Gasteiger partial charge in [0.05, 0.1) is 5.02 Å². The molecule has 1 saturated heterocycles. The molecule has 1 aliphatic heterocycles. The summed E-state index contributed by atoms with van der Waals surface area (Å²) in [5.74, 6) is 0.576. The first-order valence-electron chi connectivity index (χ1n) is 7.77. The van der Waals surface area contributed by atoms with Crippen molar-refractivity contribution in [3.05, 3.63) is 58.1 Å². The van der Waals surface area contributed by atoms with Gasteiger partial charge >= 0.3 is 0 Å². The molecule has 2 atom stereocenters. The highest BCUT2D eigenvalue weighted by atomic mass is 35.5. The molecule has 0 spiro atoms. The number of anilines is 1. The fourth-order valence-corrected chi connectivity index (χ4v) is 2.87. The van der Waals surface area contributed by atoms with Crippen LogP contribution in [0.4, 0.5) is 5.69 Å². The van der Waals surface area contributed by atoms with Gasteiger partial charge in [0.25, 0.3) is 0 Å². The summed E-state index contributed by atoms with van der Waals surface area (Å²) in [7, 11) is 4.04. The Hall–Kier alpha value is -1.46. The summed E-state index contributed by atoms with van der Waals surface area (Å²) < 4.78 is 11.8. The molecule has 1 N–H and O–H groups in total. The Morgan fingerprint density at radius 3 is 2.62 bits per heavy atom. The largest absolute Gasteiger partial charge is 0.489 e. The number of nitrogens with one attached hydrogen (secondary N) is 1. The molecule has 6 heteroatoms. The molecule has 1 aliphatic rings. The zero-order valence-electron chi connectivity index (χ0n) is 13.6. The highest BCUT2D eigenvalue weighted by molar-refractivity contribution is 6.34. The third-order valence-electron chi connectivity index (χ3n) is 3.89. The van der Waals surface area contributed by atoms with Crippen molar-refractivity contribution in [2.45, 2.75) is 12.3 Å². The molecular formula is C18H20Cl2N2O2. The molecule has 0 radical (unpaired) electrons. The van der Waals surface area contributed by atoms with Crippen LogP contribution in [0.15, 0.2) is 42.5 Å². The predicted octanol–water partition coefficient (Wildman–Crippen LogP) is 4.13. The summed E-state index contributed by atoms with van der Waals surface area (Å²) >= 11 is 12.1. The summed E-state index contributed by atoms with van der Waals surface area (Å²) in [6, 6.07) is 13.5. The second kappa shape index (κ2) is 7.62. The first-order valence-corrected chi connectivity index (χ1v) is 8.52. The van der Waals surface area contributed by atoms with E-state index in [0.717, 1.165) is 17.8 Å². The molecule has 0 bridgehead atoms. The fraction of sp³-hybridized carbons (Fsp3) is 0.333. The monoisotopic (exact) mass is 366 g/mol. The molecule has 0 amide bonds. The Balaban J connectivity index is 1.56. The summed E-state index contributed by atoms with van der Waals surface area (Å²) in [5, 5.41) is 4.50. The number of benzene rings is 2. The predicted molar refractivity (Wildman–Crippen MR) is 98.3 cm³/mol. The molecule has 1 fully saturated rings. The summed E-state index contributed by atoms with van der Waals surface area (Å²) in [6.07, 6.45) is -0.164. The lowest BCUT2D eigenvalue weighted by Crippen LogP contribution is -2.22. The highest BCUT2D eigenvalue weighted by Crippen LogP contribution is 2.29. The van der Waals surface area contributed by atoms with Crippen LogP contribution < -0.4 is 15.0 Å². The van der Waals surface area contributed by atoms with Crippen molar-refractivity contribution < 1.29 is 9.47 Å². The molecule has 1 heterocycles. The minimum Gasteiger partial charge on any atom is -0.489 e. The molecule has 0 aromatic heterocycles. The highest BCUT2D eigenvalue weighted by Gasteiger charge is 2.26. The fourth-order valence-electron chi connectivity index (χ4n) is 2.54. The van der Waals surface area contributed by atoms with Crippen molar-refractivity contribution >= 4 is 28.9 Å². The average molecular weight is 367 g/mol. The van der Waals surface area contributed by atoms with Crippen LogP contribution in [0.3, 0.4) is 0 Å². The smallest absolute Gasteiger partial charge is 0.139 e. The first-order chi connectivity index (χ1) is 11.5. The van der Waals surface area contributed by atoms with Crippen LogP contribution in [0.1, 0.15) is 11.8 Å². The van der Waals surface area contributed by atoms with E-state index in [0.29, 0.717) is 22.4 Å². The summed E-state index contributed by atoms with van der Waals surface area (Å²) in [6.45, 7) is 1.14. The van der Waals surface area contributed by atoms with Crippen molar-refractivity contribution in [3.63, 3.8) is 0 Å². The van der Waals surface area contributed by atoms with E-state index < -0.39 is 0 Å². The van der Waals surface area contributed by atoms with Crippen molar-refractivity contribution in [1.29, 1.82) is 0 Å². The minimum absolute atomic E-state index is 0.0430. The molecule has 0 aliphatic carbocycles. The van der Waals surface area contributed by atoms with E-state index >= 15 is 0 Å². The Morgan fingerprint density at radius 2 is 1.92 bits per heavy atom. The van der Waals surface area contributed by atoms with Gasteiger partial charge in [0.2, 0.25) is 0 Å². The summed E-state index contributed by atoms with van der Waals surface area (Å²) in [4.78, 5) is 2.07. The van der Waals surface area contributed by atoms with Crippen LogP contribution in [-0.4, -0.2) is 33.4 Å². The van der Waals surface area contributed by atoms with Gasteiger partial charge < -0.3 is 14.4 Å². The van der Waals surface area contributed by atoms with Crippen molar-refractivity contribution in [2.75, 3.05) is 32.1 Å². The minimum atomic E-state index is -0.121. The maximum atomic E-state index is 6.10. The van der Waals surface area contributed by atoms with Gasteiger partial charge in [-0.05, 0) is 29.8 Å². The van der Waals surface area contributed by atoms with Gasteiger partial charge in [-0.25, -0.2) is 0 Å². The third-order valence-corrected chi connectivity index (χ3v) is 4.44. The molecule has 3 rings (SSSR count). The Morgan fingerprint density at radius 1 is 1.17 bits per heavy atom. The van der Waals surface area contributed by atoms with Crippen molar-refractivity contribution in [2.24, 2.45) is 0 Å². The molecule has 4 nitrogen and oxygen atoms in total. The third kappa shape index (κ3) is 4.14. The number of nitrogens with zero attached hydrogens (tertiary/aromatic N) is 1. The van der Waals surface area contributed by atoms with Gasteiger partial charge in [-0.15, -0.1) is 0 Å². The second-order valence-electron chi connectivity index (χ2n) is 5.92. The first kappa shape index (κ1) is 17.4. The van der Waals surface area contributed by atoms with Crippen LogP contribution in [0.2, 0.25) is 10.0 Å². The van der Waals surface area contributed by atoms with E-state index in [1.54, 1.807) is 18.2 Å². The number of ether oxygens (including phenoxy) is 2. The average Bonchev–Trinajstić information content (AvgIpc) is 3.05. The van der Waals surface area contributed by atoms with Gasteiger partial charge in [-0.2, -0.15) is 0 Å². The van der Waals surface area contributed by atoms with Gasteiger partial charge in [-0.3, -0.25) is 5.32 Å². The Kier molecular flexibility index (Phi) is 5.51. The van der Waals surface area contributed by atoms with E-state index in [1.165, 1.54) is 0 Å². The SMILES string of the molecule is CN(C)c1ccc([C@H]2NC[C@@H](COc3cc(Cl)ccc3Cl)O2)cc1. The van der Waals surface area contributed by atoms with Crippen LogP contribution in [0, 0.1) is 0 Å². The maximum Gasteiger partial charge on any atom is 0.139 e. The van der Waals surface area contributed by atoms with E-state index in [9.17, 15) is 0 Å². The lowest BCUT2D eigenvalue weighted by molar-refractivity contribution is 0.0159. The van der Waals surface area contributed by atoms with Gasteiger partial charge in [0, 0.05) is 37.4 Å². The Bertz CT molecular complexity index is 692. The van der Waals surface area contributed by atoms with Gasteiger partial charge in [0.15, 0.2) is 0 Å². The van der Waals surface area contributed by atoms with Gasteiger partial charge in [-0.1, -0.05) is 35.3 Å².